The van der Waals surface area contributed by atoms with Gasteiger partial charge in [-0.2, -0.15) is 0 Å². The molecule has 1 N–H and O–H groups in total. The van der Waals surface area contributed by atoms with Crippen molar-refractivity contribution in [3.8, 4) is 0 Å². The molecule has 24 heavy (non-hydrogen) atoms. The molecule has 0 saturated carbocycles. The number of aromatic amines is 1. The Bertz CT molecular complexity index is 855. The summed E-state index contributed by atoms with van der Waals surface area (Å²) >= 11 is 0. The number of para-hydroxylation sites is 1. The number of benzene rings is 2. The molecule has 0 aliphatic carbocycles. The van der Waals surface area contributed by atoms with Gasteiger partial charge >= 0.3 is 0 Å². The number of fused-ring (bicyclic) bond motifs is 1. The van der Waals surface area contributed by atoms with Crippen molar-refractivity contribution in [1.82, 2.24) is 9.88 Å². The molecular formula is C21H22N2O. The standard InChI is InChI=1S/C21H22N2O/c1-15-6-8-17(9-7-15)21(24)23-12-10-16(11-13-23)19-14-22-20-5-3-2-4-18(19)20/h2-9,14,16,22H,10-13H2,1H3. The maximum atomic E-state index is 12.6. The summed E-state index contributed by atoms with van der Waals surface area (Å²) in [5, 5.41) is 1.32. The van der Waals surface area contributed by atoms with Crippen molar-refractivity contribution in [3.05, 3.63) is 71.4 Å². The normalized spacial score (nSPS) is 15.8. The van der Waals surface area contributed by atoms with Gasteiger partial charge in [-0.3, -0.25) is 4.79 Å². The first-order chi connectivity index (χ1) is 11.7. The molecule has 2 aromatic carbocycles. The van der Waals surface area contributed by atoms with E-state index in [0.717, 1.165) is 31.5 Å². The number of rotatable bonds is 2. The molecule has 0 bridgehead atoms. The number of piperidine rings is 1. The molecule has 2 heterocycles. The lowest BCUT2D eigenvalue weighted by Crippen LogP contribution is -2.37. The summed E-state index contributed by atoms with van der Waals surface area (Å²) in [7, 11) is 0. The van der Waals surface area contributed by atoms with Gasteiger partial charge in [-0.15, -0.1) is 0 Å². The zero-order valence-electron chi connectivity index (χ0n) is 14.0. The van der Waals surface area contributed by atoms with Crippen LogP contribution in [0.1, 0.15) is 40.2 Å². The van der Waals surface area contributed by atoms with Crippen LogP contribution >= 0.6 is 0 Å². The fourth-order valence-corrected chi connectivity index (χ4v) is 3.70. The number of nitrogens with one attached hydrogen (secondary N) is 1. The topological polar surface area (TPSA) is 36.1 Å². The van der Waals surface area contributed by atoms with E-state index >= 15 is 0 Å². The summed E-state index contributed by atoms with van der Waals surface area (Å²) in [6.07, 6.45) is 4.20. The number of carbonyl (C=O) groups excluding carboxylic acids is 1. The van der Waals surface area contributed by atoms with E-state index in [0.29, 0.717) is 5.92 Å². The fourth-order valence-electron chi connectivity index (χ4n) is 3.70. The molecule has 1 aliphatic rings. The van der Waals surface area contributed by atoms with E-state index in [4.69, 9.17) is 0 Å². The molecule has 1 aliphatic heterocycles. The molecule has 1 fully saturated rings. The highest BCUT2D eigenvalue weighted by Crippen LogP contribution is 2.33. The summed E-state index contributed by atoms with van der Waals surface area (Å²) in [5.74, 6) is 0.690. The van der Waals surface area contributed by atoms with Crippen molar-refractivity contribution in [3.63, 3.8) is 0 Å². The Balaban J connectivity index is 1.47. The average molecular weight is 318 g/mol. The van der Waals surface area contributed by atoms with Crippen LogP contribution < -0.4 is 0 Å². The number of hydrogen-bond acceptors (Lipinski definition) is 1. The van der Waals surface area contributed by atoms with Gasteiger partial charge < -0.3 is 9.88 Å². The molecule has 3 nitrogen and oxygen atoms in total. The smallest absolute Gasteiger partial charge is 0.253 e. The van der Waals surface area contributed by atoms with E-state index in [9.17, 15) is 4.79 Å². The van der Waals surface area contributed by atoms with Gasteiger partial charge in [-0.1, -0.05) is 35.9 Å². The SMILES string of the molecule is Cc1ccc(C(=O)N2CCC(c3c[nH]c4ccccc34)CC2)cc1. The van der Waals surface area contributed by atoms with Crippen LogP contribution in [0.2, 0.25) is 0 Å². The lowest BCUT2D eigenvalue weighted by molar-refractivity contribution is 0.0713. The Morgan fingerprint density at radius 3 is 2.50 bits per heavy atom. The minimum atomic E-state index is 0.160. The van der Waals surface area contributed by atoms with Crippen LogP contribution in [0.5, 0.6) is 0 Å². The van der Waals surface area contributed by atoms with Gasteiger partial charge in [-0.25, -0.2) is 0 Å². The molecule has 1 aromatic heterocycles. The highest BCUT2D eigenvalue weighted by molar-refractivity contribution is 5.94. The molecule has 1 amide bonds. The third-order valence-electron chi connectivity index (χ3n) is 5.14. The largest absolute Gasteiger partial charge is 0.361 e. The number of aryl methyl sites for hydroxylation is 1. The van der Waals surface area contributed by atoms with Crippen molar-refractivity contribution in [2.45, 2.75) is 25.7 Å². The number of aromatic nitrogens is 1. The number of carbonyl (C=O) groups is 1. The summed E-state index contributed by atoms with van der Waals surface area (Å²) in [6, 6.07) is 16.3. The Hall–Kier alpha value is -2.55. The summed E-state index contributed by atoms with van der Waals surface area (Å²) < 4.78 is 0. The van der Waals surface area contributed by atoms with Gasteiger partial charge in [0.1, 0.15) is 0 Å². The second-order valence-electron chi connectivity index (χ2n) is 6.72. The Labute approximate surface area is 142 Å². The first-order valence-electron chi connectivity index (χ1n) is 8.64. The lowest BCUT2D eigenvalue weighted by atomic mass is 9.89. The maximum absolute atomic E-state index is 12.6. The first kappa shape index (κ1) is 15.0. The van der Waals surface area contributed by atoms with E-state index in [1.54, 1.807) is 0 Å². The third kappa shape index (κ3) is 2.71. The molecule has 0 radical (unpaired) electrons. The van der Waals surface area contributed by atoms with Gasteiger partial charge in [-0.05, 0) is 49.4 Å². The molecular weight excluding hydrogens is 296 g/mol. The molecule has 122 valence electrons. The fraction of sp³-hybridized carbons (Fsp3) is 0.286. The summed E-state index contributed by atoms with van der Waals surface area (Å²) in [6.45, 7) is 3.70. The minimum Gasteiger partial charge on any atom is -0.361 e. The number of amides is 1. The molecule has 3 aromatic rings. The predicted molar refractivity (Wildman–Crippen MR) is 97.4 cm³/mol. The van der Waals surface area contributed by atoms with Crippen LogP contribution in [-0.4, -0.2) is 28.9 Å². The number of likely N-dealkylation sites (tertiary alicyclic amines) is 1. The van der Waals surface area contributed by atoms with Gasteiger partial charge in [0.15, 0.2) is 0 Å². The van der Waals surface area contributed by atoms with Crippen LogP contribution in [0.3, 0.4) is 0 Å². The number of hydrogen-bond donors (Lipinski definition) is 1. The van der Waals surface area contributed by atoms with Crippen molar-refractivity contribution in [2.24, 2.45) is 0 Å². The summed E-state index contributed by atoms with van der Waals surface area (Å²) in [4.78, 5) is 18.0. The average Bonchev–Trinajstić information content (AvgIpc) is 3.06. The van der Waals surface area contributed by atoms with Crippen LogP contribution in [0, 0.1) is 6.92 Å². The van der Waals surface area contributed by atoms with Crippen LogP contribution in [0.25, 0.3) is 10.9 Å². The third-order valence-corrected chi connectivity index (χ3v) is 5.14. The van der Waals surface area contributed by atoms with Crippen LogP contribution in [0.4, 0.5) is 0 Å². The number of H-pyrrole nitrogens is 1. The minimum absolute atomic E-state index is 0.160. The van der Waals surface area contributed by atoms with Gasteiger partial charge in [0, 0.05) is 35.8 Å². The van der Waals surface area contributed by atoms with E-state index in [1.165, 1.54) is 22.0 Å². The van der Waals surface area contributed by atoms with Crippen LogP contribution in [-0.2, 0) is 0 Å². The van der Waals surface area contributed by atoms with Gasteiger partial charge in [0.05, 0.1) is 0 Å². The highest BCUT2D eigenvalue weighted by Gasteiger charge is 2.25. The van der Waals surface area contributed by atoms with E-state index in [1.807, 2.05) is 36.1 Å². The van der Waals surface area contributed by atoms with E-state index in [2.05, 4.69) is 35.4 Å². The molecule has 0 unspecified atom stereocenters. The quantitative estimate of drug-likeness (QED) is 0.742. The van der Waals surface area contributed by atoms with Gasteiger partial charge in [0.25, 0.3) is 5.91 Å². The molecule has 4 rings (SSSR count). The second kappa shape index (κ2) is 6.16. The first-order valence-corrected chi connectivity index (χ1v) is 8.64. The zero-order valence-corrected chi connectivity index (χ0v) is 14.0. The Morgan fingerprint density at radius 1 is 1.04 bits per heavy atom. The summed E-state index contributed by atoms with van der Waals surface area (Å²) in [5.41, 5.74) is 4.58. The Kier molecular flexibility index (Phi) is 3.85. The molecule has 1 saturated heterocycles. The van der Waals surface area contributed by atoms with E-state index in [-0.39, 0.29) is 5.91 Å². The number of nitrogens with zero attached hydrogens (tertiary/aromatic N) is 1. The molecule has 0 spiro atoms. The predicted octanol–water partition coefficient (Wildman–Crippen LogP) is 4.50. The monoisotopic (exact) mass is 318 g/mol. The molecule has 3 heteroatoms. The van der Waals surface area contributed by atoms with Gasteiger partial charge in [0.2, 0.25) is 0 Å². The maximum Gasteiger partial charge on any atom is 0.253 e. The van der Waals surface area contributed by atoms with Crippen molar-refractivity contribution >= 4 is 16.8 Å². The van der Waals surface area contributed by atoms with Crippen molar-refractivity contribution in [2.75, 3.05) is 13.1 Å². The van der Waals surface area contributed by atoms with Crippen molar-refractivity contribution < 1.29 is 4.79 Å². The second-order valence-corrected chi connectivity index (χ2v) is 6.72. The lowest BCUT2D eigenvalue weighted by Gasteiger charge is -2.32. The Morgan fingerprint density at radius 2 is 1.75 bits per heavy atom. The highest BCUT2D eigenvalue weighted by atomic mass is 16.2. The van der Waals surface area contributed by atoms with Crippen molar-refractivity contribution in [1.29, 1.82) is 0 Å². The zero-order chi connectivity index (χ0) is 16.5. The van der Waals surface area contributed by atoms with Crippen LogP contribution in [0.15, 0.2) is 54.7 Å². The van der Waals surface area contributed by atoms with E-state index < -0.39 is 0 Å². The molecule has 0 atom stereocenters.